The van der Waals surface area contributed by atoms with Crippen molar-refractivity contribution in [1.29, 1.82) is 0 Å². The molecular weight excluding hydrogens is 483 g/mol. The first-order chi connectivity index (χ1) is 17.6. The number of hydrogen-bond acceptors (Lipinski definition) is 5. The fourth-order valence-corrected chi connectivity index (χ4v) is 4.30. The number of esters is 1. The number of amides is 1. The van der Waals surface area contributed by atoms with Gasteiger partial charge in [0.2, 0.25) is 0 Å². The lowest BCUT2D eigenvalue weighted by Gasteiger charge is -2.28. The molecule has 0 aliphatic heterocycles. The first kappa shape index (κ1) is 29.4. The molecule has 0 saturated heterocycles. The molecule has 0 saturated carbocycles. The number of nitrogens with zero attached hydrogens (tertiary/aromatic N) is 2. The summed E-state index contributed by atoms with van der Waals surface area (Å²) in [5.41, 5.74) is 2.68. The third-order valence-corrected chi connectivity index (χ3v) is 6.02. The minimum Gasteiger partial charge on any atom is -0.460 e. The highest BCUT2D eigenvalue weighted by Gasteiger charge is 2.27. The molecule has 206 valence electrons. The van der Waals surface area contributed by atoms with Crippen molar-refractivity contribution in [2.75, 3.05) is 32.1 Å². The van der Waals surface area contributed by atoms with E-state index >= 15 is 4.39 Å². The number of carbonyl (C=O) groups is 2. The molecule has 1 amide bonds. The van der Waals surface area contributed by atoms with E-state index in [2.05, 4.69) is 0 Å². The maximum absolute atomic E-state index is 15.0. The third kappa shape index (κ3) is 8.15. The number of ether oxygens (including phenoxy) is 2. The number of hydrogen-bond donors (Lipinski definition) is 0. The van der Waals surface area contributed by atoms with E-state index in [4.69, 9.17) is 9.47 Å². The average molecular weight is 525 g/mol. The smallest absolute Gasteiger partial charge is 0.414 e. The van der Waals surface area contributed by atoms with Gasteiger partial charge in [-0.05, 0) is 109 Å². The van der Waals surface area contributed by atoms with E-state index < -0.39 is 23.1 Å². The van der Waals surface area contributed by atoms with E-state index in [1.54, 1.807) is 0 Å². The minimum atomic E-state index is -0.685. The Bertz CT molecular complexity index is 1190. The highest BCUT2D eigenvalue weighted by atomic mass is 19.1. The number of rotatable bonds is 6. The monoisotopic (exact) mass is 524 g/mol. The molecule has 2 aromatic rings. The molecule has 7 heteroatoms. The number of likely N-dealkylation sites (N-methyl/N-ethyl adjacent to an activating group) is 1. The largest absolute Gasteiger partial charge is 0.460 e. The van der Waals surface area contributed by atoms with Gasteiger partial charge in [0.05, 0.1) is 11.6 Å². The molecule has 38 heavy (non-hydrogen) atoms. The molecule has 0 fully saturated rings. The Morgan fingerprint density at radius 3 is 2.29 bits per heavy atom. The number of benzene rings is 2. The summed E-state index contributed by atoms with van der Waals surface area (Å²) >= 11 is 0. The van der Waals surface area contributed by atoms with E-state index in [1.807, 2.05) is 97.0 Å². The first-order valence-electron chi connectivity index (χ1n) is 13.1. The normalized spacial score (nSPS) is 15.6. The van der Waals surface area contributed by atoms with Gasteiger partial charge < -0.3 is 14.4 Å². The van der Waals surface area contributed by atoms with Gasteiger partial charge in [-0.25, -0.2) is 9.18 Å². The summed E-state index contributed by atoms with van der Waals surface area (Å²) in [6.07, 6.45) is 4.62. The fraction of sp³-hybridized carbons (Fsp3) is 0.484. The number of aryl methyl sites for hydroxylation is 1. The second-order valence-corrected chi connectivity index (χ2v) is 12.0. The molecule has 0 bridgehead atoms. The minimum absolute atomic E-state index is 0.245. The van der Waals surface area contributed by atoms with E-state index in [0.29, 0.717) is 37.2 Å². The summed E-state index contributed by atoms with van der Waals surface area (Å²) in [4.78, 5) is 29.3. The van der Waals surface area contributed by atoms with Crippen molar-refractivity contribution >= 4 is 23.8 Å². The molecule has 3 rings (SSSR count). The second-order valence-electron chi connectivity index (χ2n) is 12.0. The van der Waals surface area contributed by atoms with Crippen LogP contribution in [0.4, 0.5) is 14.9 Å². The molecule has 0 N–H and O–H groups in total. The van der Waals surface area contributed by atoms with Crippen molar-refractivity contribution < 1.29 is 23.5 Å². The maximum Gasteiger partial charge on any atom is 0.414 e. The zero-order chi connectivity index (χ0) is 28.3. The Hall–Kier alpha value is -3.19. The molecule has 0 radical (unpaired) electrons. The zero-order valence-corrected chi connectivity index (χ0v) is 23.9. The van der Waals surface area contributed by atoms with Crippen molar-refractivity contribution in [3.05, 3.63) is 59.4 Å². The number of halogens is 1. The molecule has 0 aromatic heterocycles. The van der Waals surface area contributed by atoms with Crippen LogP contribution in [-0.2, 0) is 20.7 Å². The van der Waals surface area contributed by atoms with Gasteiger partial charge in [-0.2, -0.15) is 0 Å². The van der Waals surface area contributed by atoms with Crippen LogP contribution < -0.4 is 4.90 Å². The van der Waals surface area contributed by atoms with Gasteiger partial charge in [0.1, 0.15) is 17.0 Å². The summed E-state index contributed by atoms with van der Waals surface area (Å²) in [6, 6.07) is 10.6. The van der Waals surface area contributed by atoms with Crippen LogP contribution in [-0.4, -0.2) is 55.3 Å². The van der Waals surface area contributed by atoms with Crippen LogP contribution in [0.1, 0.15) is 59.1 Å². The van der Waals surface area contributed by atoms with Crippen LogP contribution in [0.15, 0.2) is 42.5 Å². The van der Waals surface area contributed by atoms with Gasteiger partial charge in [-0.1, -0.05) is 30.4 Å². The average Bonchev–Trinajstić information content (AvgIpc) is 2.99. The number of carbonyl (C=O) groups excluding carboxylic acids is 2. The van der Waals surface area contributed by atoms with Crippen LogP contribution >= 0.6 is 0 Å². The lowest BCUT2D eigenvalue weighted by molar-refractivity contribution is -0.158. The standard InChI is InChI=1S/C31H41FN2O4/c1-30(2,3)37-28(35)22-13-12-21-10-9-11-26(27(21)15-14-22)23-18-24(32)20-25(19-23)34(17-16-33(7)8)29(36)38-31(4,5)6/h9-11,14-15,18-20,22H,12-13,16-17H2,1-8H3. The van der Waals surface area contributed by atoms with Gasteiger partial charge in [-0.3, -0.25) is 9.69 Å². The van der Waals surface area contributed by atoms with E-state index in [9.17, 15) is 9.59 Å². The first-order valence-corrected chi connectivity index (χ1v) is 13.1. The van der Waals surface area contributed by atoms with Gasteiger partial charge in [0.25, 0.3) is 0 Å². The molecule has 2 aromatic carbocycles. The number of fused-ring (bicyclic) bond motifs is 1. The highest BCUT2D eigenvalue weighted by molar-refractivity contribution is 5.90. The van der Waals surface area contributed by atoms with Gasteiger partial charge >= 0.3 is 12.1 Å². The molecule has 0 spiro atoms. The molecule has 1 unspecified atom stereocenters. The molecular formula is C31H41FN2O4. The lowest BCUT2D eigenvalue weighted by atomic mass is 9.93. The maximum atomic E-state index is 15.0. The Kier molecular flexibility index (Phi) is 9.03. The van der Waals surface area contributed by atoms with Gasteiger partial charge in [0, 0.05) is 13.1 Å². The Balaban J connectivity index is 2.01. The lowest BCUT2D eigenvalue weighted by Crippen LogP contribution is -2.40. The molecule has 1 aliphatic rings. The SMILES string of the molecule is CN(C)CCN(C(=O)OC(C)(C)C)c1cc(F)cc(-c2cccc3c2C=CC(C(=O)OC(C)(C)C)CC3)c1. The molecule has 1 atom stereocenters. The highest BCUT2D eigenvalue weighted by Crippen LogP contribution is 2.35. The zero-order valence-electron chi connectivity index (χ0n) is 23.9. The van der Waals surface area contributed by atoms with Crippen molar-refractivity contribution in [2.45, 2.75) is 65.6 Å². The van der Waals surface area contributed by atoms with Gasteiger partial charge in [-0.15, -0.1) is 0 Å². The quantitative estimate of drug-likeness (QED) is 0.393. The van der Waals surface area contributed by atoms with Crippen LogP contribution in [0.25, 0.3) is 17.2 Å². The summed E-state index contributed by atoms with van der Waals surface area (Å²) in [5, 5.41) is 0. The van der Waals surface area contributed by atoms with E-state index in [-0.39, 0.29) is 11.9 Å². The predicted molar refractivity (Wildman–Crippen MR) is 151 cm³/mol. The molecule has 1 aliphatic carbocycles. The van der Waals surface area contributed by atoms with Crippen molar-refractivity contribution in [2.24, 2.45) is 5.92 Å². The Morgan fingerprint density at radius 2 is 1.66 bits per heavy atom. The van der Waals surface area contributed by atoms with Crippen LogP contribution in [0, 0.1) is 11.7 Å². The second kappa shape index (κ2) is 11.7. The van der Waals surface area contributed by atoms with Crippen LogP contribution in [0.2, 0.25) is 0 Å². The Morgan fingerprint density at radius 1 is 0.974 bits per heavy atom. The van der Waals surface area contributed by atoms with Gasteiger partial charge in [0.15, 0.2) is 0 Å². The van der Waals surface area contributed by atoms with Crippen molar-refractivity contribution in [3.8, 4) is 11.1 Å². The molecule has 0 heterocycles. The third-order valence-electron chi connectivity index (χ3n) is 6.02. The summed E-state index contributed by atoms with van der Waals surface area (Å²) < 4.78 is 26.3. The predicted octanol–water partition coefficient (Wildman–Crippen LogP) is 6.71. The van der Waals surface area contributed by atoms with Crippen molar-refractivity contribution in [3.63, 3.8) is 0 Å². The topological polar surface area (TPSA) is 59.1 Å². The fourth-order valence-electron chi connectivity index (χ4n) is 4.30. The van der Waals surface area contributed by atoms with E-state index in [0.717, 1.165) is 16.7 Å². The van der Waals surface area contributed by atoms with Crippen LogP contribution in [0.5, 0.6) is 0 Å². The van der Waals surface area contributed by atoms with Crippen molar-refractivity contribution in [1.82, 2.24) is 4.90 Å². The summed E-state index contributed by atoms with van der Waals surface area (Å²) in [6.45, 7) is 11.9. The summed E-state index contributed by atoms with van der Waals surface area (Å²) in [7, 11) is 3.83. The summed E-state index contributed by atoms with van der Waals surface area (Å²) in [5.74, 6) is -1.05. The van der Waals surface area contributed by atoms with E-state index in [1.165, 1.54) is 17.0 Å². The van der Waals surface area contributed by atoms with Crippen LogP contribution in [0.3, 0.4) is 0 Å². The Labute approximate surface area is 226 Å². The number of anilines is 1. The molecule has 6 nitrogen and oxygen atoms in total.